The Bertz CT molecular complexity index is 182. The van der Waals surface area contributed by atoms with E-state index < -0.39 is 5.54 Å². The van der Waals surface area contributed by atoms with Gasteiger partial charge in [-0.1, -0.05) is 13.0 Å². The molecule has 1 aliphatic carbocycles. The maximum atomic E-state index is 11.4. The molecule has 0 bridgehead atoms. The van der Waals surface area contributed by atoms with E-state index in [4.69, 9.17) is 5.73 Å². The number of rotatable bonds is 4. The molecule has 1 saturated carbocycles. The number of carbonyl (C=O) groups excluding carboxylic acids is 1. The van der Waals surface area contributed by atoms with E-state index in [1.54, 1.807) is 6.08 Å². The second-order valence-corrected chi connectivity index (χ2v) is 3.45. The van der Waals surface area contributed by atoms with Crippen molar-refractivity contribution in [3.63, 3.8) is 0 Å². The van der Waals surface area contributed by atoms with Gasteiger partial charge in [0.05, 0.1) is 5.54 Å². The Labute approximate surface area is 67.5 Å². The number of allylic oxidation sites excluding steroid dienone is 1. The number of hydrogen-bond acceptors (Lipinski definition) is 2. The summed E-state index contributed by atoms with van der Waals surface area (Å²) in [6.07, 6.45) is 4.26. The molecule has 0 spiro atoms. The van der Waals surface area contributed by atoms with Gasteiger partial charge in [-0.15, -0.1) is 6.58 Å². The van der Waals surface area contributed by atoms with Gasteiger partial charge in [0.15, 0.2) is 5.78 Å². The van der Waals surface area contributed by atoms with Crippen LogP contribution in [-0.4, -0.2) is 11.3 Å². The van der Waals surface area contributed by atoms with Gasteiger partial charge in [-0.05, 0) is 19.3 Å². The quantitative estimate of drug-likeness (QED) is 0.618. The molecule has 0 aromatic heterocycles. The van der Waals surface area contributed by atoms with E-state index in [2.05, 4.69) is 6.58 Å². The van der Waals surface area contributed by atoms with Crippen LogP contribution in [0.3, 0.4) is 0 Å². The molecule has 0 radical (unpaired) electrons. The summed E-state index contributed by atoms with van der Waals surface area (Å²) < 4.78 is 0. The molecule has 1 rings (SSSR count). The molecule has 2 heteroatoms. The van der Waals surface area contributed by atoms with Gasteiger partial charge < -0.3 is 5.73 Å². The van der Waals surface area contributed by atoms with Gasteiger partial charge in [0, 0.05) is 5.92 Å². The lowest BCUT2D eigenvalue weighted by molar-refractivity contribution is -0.124. The van der Waals surface area contributed by atoms with E-state index in [0.29, 0.717) is 0 Å². The monoisotopic (exact) mass is 153 g/mol. The Kier molecular flexibility index (Phi) is 2.14. The van der Waals surface area contributed by atoms with Crippen LogP contribution >= 0.6 is 0 Å². The minimum Gasteiger partial charge on any atom is -0.319 e. The lowest BCUT2D eigenvalue weighted by atomic mass is 9.96. The fraction of sp³-hybridized carbons (Fsp3) is 0.667. The van der Waals surface area contributed by atoms with Crippen molar-refractivity contribution in [3.8, 4) is 0 Å². The Hall–Kier alpha value is -0.630. The van der Waals surface area contributed by atoms with Crippen LogP contribution in [0.15, 0.2) is 12.7 Å². The van der Waals surface area contributed by atoms with Crippen LogP contribution in [0.1, 0.15) is 26.2 Å². The van der Waals surface area contributed by atoms with E-state index >= 15 is 0 Å². The van der Waals surface area contributed by atoms with Crippen LogP contribution < -0.4 is 5.73 Å². The molecule has 1 aliphatic rings. The average Bonchev–Trinajstić information content (AvgIpc) is 2.68. The van der Waals surface area contributed by atoms with Gasteiger partial charge in [-0.2, -0.15) is 0 Å². The van der Waals surface area contributed by atoms with Crippen molar-refractivity contribution in [2.45, 2.75) is 31.7 Å². The predicted molar refractivity (Wildman–Crippen MR) is 45.1 cm³/mol. The van der Waals surface area contributed by atoms with Crippen molar-refractivity contribution >= 4 is 5.78 Å². The van der Waals surface area contributed by atoms with Crippen LogP contribution in [0.25, 0.3) is 0 Å². The minimum atomic E-state index is -0.456. The van der Waals surface area contributed by atoms with Crippen LogP contribution in [0.5, 0.6) is 0 Å². The summed E-state index contributed by atoms with van der Waals surface area (Å²) >= 11 is 0. The first-order chi connectivity index (χ1) is 5.10. The Balaban J connectivity index is 2.46. The first-order valence-electron chi connectivity index (χ1n) is 4.04. The van der Waals surface area contributed by atoms with E-state index in [9.17, 15) is 4.79 Å². The highest BCUT2D eigenvalue weighted by molar-refractivity contribution is 5.92. The summed E-state index contributed by atoms with van der Waals surface area (Å²) in [7, 11) is 0. The molecule has 0 amide bonds. The van der Waals surface area contributed by atoms with Crippen molar-refractivity contribution < 1.29 is 4.79 Å². The van der Waals surface area contributed by atoms with Crippen LogP contribution in [0.2, 0.25) is 0 Å². The molecule has 2 N–H and O–H groups in total. The van der Waals surface area contributed by atoms with Gasteiger partial charge in [-0.3, -0.25) is 4.79 Å². The zero-order valence-corrected chi connectivity index (χ0v) is 6.97. The molecular formula is C9H15NO. The topological polar surface area (TPSA) is 43.1 Å². The second-order valence-electron chi connectivity index (χ2n) is 3.45. The molecule has 1 atom stereocenters. The highest BCUT2D eigenvalue weighted by atomic mass is 16.1. The maximum Gasteiger partial charge on any atom is 0.155 e. The molecule has 0 aromatic carbocycles. The Morgan fingerprint density at radius 2 is 2.36 bits per heavy atom. The van der Waals surface area contributed by atoms with Gasteiger partial charge in [-0.25, -0.2) is 0 Å². The number of hydrogen-bond donors (Lipinski definition) is 1. The molecule has 1 unspecified atom stereocenters. The highest BCUT2D eigenvalue weighted by Gasteiger charge is 2.46. The maximum absolute atomic E-state index is 11.4. The zero-order valence-electron chi connectivity index (χ0n) is 6.97. The van der Waals surface area contributed by atoms with Gasteiger partial charge in [0.2, 0.25) is 0 Å². The lowest BCUT2D eigenvalue weighted by Gasteiger charge is -2.12. The van der Waals surface area contributed by atoms with E-state index in [-0.39, 0.29) is 11.7 Å². The molecular weight excluding hydrogens is 138 g/mol. The number of ketones is 1. The molecule has 11 heavy (non-hydrogen) atoms. The second kappa shape index (κ2) is 2.78. The predicted octanol–water partition coefficient (Wildman–Crippen LogP) is 1.26. The Morgan fingerprint density at radius 1 is 1.82 bits per heavy atom. The average molecular weight is 153 g/mol. The van der Waals surface area contributed by atoms with Crippen molar-refractivity contribution in [3.05, 3.63) is 12.7 Å². The van der Waals surface area contributed by atoms with Crippen molar-refractivity contribution in [1.29, 1.82) is 0 Å². The standard InChI is InChI=1S/C9H15NO/c1-3-4-7(2)8(11)9(10)5-6-9/h3,7H,1,4-6,10H2,2H3. The number of carbonyl (C=O) groups is 1. The first-order valence-corrected chi connectivity index (χ1v) is 4.04. The molecule has 62 valence electrons. The molecule has 0 heterocycles. The fourth-order valence-electron chi connectivity index (χ4n) is 1.23. The zero-order chi connectivity index (χ0) is 8.48. The number of nitrogens with two attached hydrogens (primary N) is 1. The minimum absolute atomic E-state index is 0.0556. The van der Waals surface area contributed by atoms with Crippen LogP contribution in [0, 0.1) is 5.92 Å². The van der Waals surface area contributed by atoms with E-state index in [1.807, 2.05) is 6.92 Å². The molecule has 0 aromatic rings. The first kappa shape index (κ1) is 8.47. The van der Waals surface area contributed by atoms with E-state index in [1.165, 1.54) is 0 Å². The van der Waals surface area contributed by atoms with Gasteiger partial charge >= 0.3 is 0 Å². The third-order valence-electron chi connectivity index (χ3n) is 2.25. The highest BCUT2D eigenvalue weighted by Crippen LogP contribution is 2.35. The summed E-state index contributed by atoms with van der Waals surface area (Å²) in [6, 6.07) is 0. The van der Waals surface area contributed by atoms with Crippen LogP contribution in [-0.2, 0) is 4.79 Å². The normalized spacial score (nSPS) is 22.4. The largest absolute Gasteiger partial charge is 0.319 e. The van der Waals surface area contributed by atoms with Gasteiger partial charge in [0.25, 0.3) is 0 Å². The summed E-state index contributed by atoms with van der Waals surface area (Å²) in [5.74, 6) is 0.261. The smallest absolute Gasteiger partial charge is 0.155 e. The number of Topliss-reactive ketones (excluding diaryl/α,β-unsaturated/α-hetero) is 1. The third-order valence-corrected chi connectivity index (χ3v) is 2.25. The summed E-state index contributed by atoms with van der Waals surface area (Å²) in [4.78, 5) is 11.4. The molecule has 0 saturated heterocycles. The van der Waals surface area contributed by atoms with Gasteiger partial charge in [0.1, 0.15) is 0 Å². The molecule has 2 nitrogen and oxygen atoms in total. The lowest BCUT2D eigenvalue weighted by Crippen LogP contribution is -2.36. The fourth-order valence-corrected chi connectivity index (χ4v) is 1.23. The van der Waals surface area contributed by atoms with Crippen molar-refractivity contribution in [2.24, 2.45) is 11.7 Å². The Morgan fingerprint density at radius 3 is 2.73 bits per heavy atom. The summed E-state index contributed by atoms with van der Waals surface area (Å²) in [5, 5.41) is 0. The van der Waals surface area contributed by atoms with Crippen molar-refractivity contribution in [2.75, 3.05) is 0 Å². The third kappa shape index (κ3) is 1.69. The SMILES string of the molecule is C=CCC(C)C(=O)C1(N)CC1. The molecule has 0 aliphatic heterocycles. The summed E-state index contributed by atoms with van der Waals surface area (Å²) in [6.45, 7) is 5.51. The van der Waals surface area contributed by atoms with E-state index in [0.717, 1.165) is 19.3 Å². The molecule has 1 fully saturated rings. The van der Waals surface area contributed by atoms with Crippen molar-refractivity contribution in [1.82, 2.24) is 0 Å². The summed E-state index contributed by atoms with van der Waals surface area (Å²) in [5.41, 5.74) is 5.28. The van der Waals surface area contributed by atoms with Crippen LogP contribution in [0.4, 0.5) is 0 Å².